The molecular formula is C27H32N2O3. The predicted molar refractivity (Wildman–Crippen MR) is 126 cm³/mol. The molecule has 5 heteroatoms. The van der Waals surface area contributed by atoms with Crippen LogP contribution in [0.5, 0.6) is 5.75 Å². The number of hydrogen-bond donors (Lipinski definition) is 2. The SMILES string of the molecule is OC(CCN1CCC(O)(c2cncc3ccccc23)CC1)Oc1ccc2c(c1)CCCC2. The van der Waals surface area contributed by atoms with E-state index in [1.807, 2.05) is 36.7 Å². The summed E-state index contributed by atoms with van der Waals surface area (Å²) in [7, 11) is 0. The van der Waals surface area contributed by atoms with Crippen molar-refractivity contribution in [1.29, 1.82) is 0 Å². The Labute approximate surface area is 189 Å². The molecule has 2 aromatic carbocycles. The molecule has 168 valence electrons. The van der Waals surface area contributed by atoms with Gasteiger partial charge in [0.1, 0.15) is 5.75 Å². The van der Waals surface area contributed by atoms with E-state index in [1.165, 1.54) is 24.0 Å². The number of ether oxygens (including phenoxy) is 1. The summed E-state index contributed by atoms with van der Waals surface area (Å²) in [5.41, 5.74) is 2.84. The van der Waals surface area contributed by atoms with Gasteiger partial charge >= 0.3 is 0 Å². The average Bonchev–Trinajstić information content (AvgIpc) is 2.83. The maximum Gasteiger partial charge on any atom is 0.198 e. The molecule has 5 rings (SSSR count). The van der Waals surface area contributed by atoms with Crippen LogP contribution in [0.15, 0.2) is 54.9 Å². The van der Waals surface area contributed by atoms with Gasteiger partial charge in [0.05, 0.1) is 5.60 Å². The number of aliphatic hydroxyl groups is 2. The maximum absolute atomic E-state index is 11.4. The van der Waals surface area contributed by atoms with Gasteiger partial charge in [-0.05, 0) is 67.2 Å². The molecule has 1 unspecified atom stereocenters. The first-order valence-electron chi connectivity index (χ1n) is 11.9. The number of fused-ring (bicyclic) bond motifs is 2. The van der Waals surface area contributed by atoms with Gasteiger partial charge in [0.25, 0.3) is 0 Å². The van der Waals surface area contributed by atoms with Crippen molar-refractivity contribution >= 4 is 10.8 Å². The molecule has 2 aliphatic rings. The number of rotatable bonds is 6. The number of aromatic nitrogens is 1. The molecule has 1 atom stereocenters. The highest BCUT2D eigenvalue weighted by atomic mass is 16.6. The van der Waals surface area contributed by atoms with Gasteiger partial charge in [-0.15, -0.1) is 0 Å². The maximum atomic E-state index is 11.4. The predicted octanol–water partition coefficient (Wildman–Crippen LogP) is 4.18. The summed E-state index contributed by atoms with van der Waals surface area (Å²) in [6.07, 6.45) is 9.45. The van der Waals surface area contributed by atoms with Crippen LogP contribution in [-0.4, -0.2) is 46.0 Å². The van der Waals surface area contributed by atoms with Crippen molar-refractivity contribution in [2.45, 2.75) is 56.8 Å². The Hall–Kier alpha value is -2.47. The second-order valence-electron chi connectivity index (χ2n) is 9.28. The van der Waals surface area contributed by atoms with E-state index >= 15 is 0 Å². The smallest absolute Gasteiger partial charge is 0.198 e. The number of nitrogens with zero attached hydrogens (tertiary/aromatic N) is 2. The Morgan fingerprint density at radius 3 is 2.62 bits per heavy atom. The molecular weight excluding hydrogens is 400 g/mol. The quantitative estimate of drug-likeness (QED) is 0.572. The first-order valence-corrected chi connectivity index (χ1v) is 11.9. The van der Waals surface area contributed by atoms with E-state index in [0.717, 1.165) is 54.6 Å². The Bertz CT molecular complexity index is 1070. The first-order chi connectivity index (χ1) is 15.6. The van der Waals surface area contributed by atoms with E-state index in [2.05, 4.69) is 28.1 Å². The number of pyridine rings is 1. The number of aliphatic hydroxyl groups excluding tert-OH is 1. The Balaban J connectivity index is 1.15. The van der Waals surface area contributed by atoms with Gasteiger partial charge in [-0.1, -0.05) is 30.3 Å². The lowest BCUT2D eigenvalue weighted by molar-refractivity contribution is -0.0472. The minimum atomic E-state index is -0.859. The van der Waals surface area contributed by atoms with Crippen LogP contribution in [0.2, 0.25) is 0 Å². The van der Waals surface area contributed by atoms with Crippen LogP contribution in [0.4, 0.5) is 0 Å². The van der Waals surface area contributed by atoms with Crippen LogP contribution in [0, 0.1) is 0 Å². The molecule has 0 spiro atoms. The van der Waals surface area contributed by atoms with Gasteiger partial charge in [0.15, 0.2) is 6.29 Å². The molecule has 1 fully saturated rings. The van der Waals surface area contributed by atoms with Crippen LogP contribution < -0.4 is 4.74 Å². The average molecular weight is 433 g/mol. The molecule has 2 heterocycles. The van der Waals surface area contributed by atoms with E-state index in [-0.39, 0.29) is 0 Å². The fourth-order valence-electron chi connectivity index (χ4n) is 5.20. The highest BCUT2D eigenvalue weighted by Gasteiger charge is 2.35. The third-order valence-electron chi connectivity index (χ3n) is 7.14. The van der Waals surface area contributed by atoms with Crippen molar-refractivity contribution < 1.29 is 14.9 Å². The number of piperidine rings is 1. The van der Waals surface area contributed by atoms with Gasteiger partial charge in [0, 0.05) is 49.4 Å². The molecule has 1 saturated heterocycles. The van der Waals surface area contributed by atoms with Crippen LogP contribution in [-0.2, 0) is 18.4 Å². The molecule has 0 amide bonds. The van der Waals surface area contributed by atoms with Crippen molar-refractivity contribution in [2.75, 3.05) is 19.6 Å². The summed E-state index contributed by atoms with van der Waals surface area (Å²) in [5.74, 6) is 0.759. The molecule has 5 nitrogen and oxygen atoms in total. The first kappa shape index (κ1) is 21.4. The lowest BCUT2D eigenvalue weighted by Crippen LogP contribution is -2.43. The van der Waals surface area contributed by atoms with Crippen molar-refractivity contribution in [1.82, 2.24) is 9.88 Å². The summed E-state index contributed by atoms with van der Waals surface area (Å²) in [4.78, 5) is 6.65. The van der Waals surface area contributed by atoms with Gasteiger partial charge in [-0.25, -0.2) is 0 Å². The minimum absolute atomic E-state index is 0.547. The lowest BCUT2D eigenvalue weighted by Gasteiger charge is -2.39. The number of likely N-dealkylation sites (tertiary alicyclic amines) is 1. The Morgan fingerprint density at radius 2 is 1.78 bits per heavy atom. The standard InChI is InChI=1S/C27H32N2O3/c30-26(32-23-10-9-20-5-1-2-6-21(20)17-23)11-14-29-15-12-27(31,13-16-29)25-19-28-18-22-7-3-4-8-24(22)25/h3-4,7-10,17-19,26,30-31H,1-2,5-6,11-16H2. The molecule has 0 bridgehead atoms. The molecule has 0 radical (unpaired) electrons. The number of hydrogen-bond acceptors (Lipinski definition) is 5. The van der Waals surface area contributed by atoms with Gasteiger partial charge in [0.2, 0.25) is 0 Å². The third-order valence-corrected chi connectivity index (χ3v) is 7.14. The zero-order valence-corrected chi connectivity index (χ0v) is 18.5. The number of benzene rings is 2. The summed E-state index contributed by atoms with van der Waals surface area (Å²) in [5, 5.41) is 24.0. The largest absolute Gasteiger partial charge is 0.465 e. The van der Waals surface area contributed by atoms with E-state index in [4.69, 9.17) is 4.74 Å². The van der Waals surface area contributed by atoms with Crippen molar-refractivity contribution in [3.05, 3.63) is 71.5 Å². The van der Waals surface area contributed by atoms with Gasteiger partial charge < -0.3 is 19.8 Å². The molecule has 0 saturated carbocycles. The van der Waals surface area contributed by atoms with Gasteiger partial charge in [-0.3, -0.25) is 4.98 Å². The fourth-order valence-corrected chi connectivity index (χ4v) is 5.20. The fraction of sp³-hybridized carbons (Fsp3) is 0.444. The third kappa shape index (κ3) is 4.51. The summed E-state index contributed by atoms with van der Waals surface area (Å²) in [6, 6.07) is 14.3. The number of aryl methyl sites for hydroxylation is 2. The molecule has 1 aromatic heterocycles. The second kappa shape index (κ2) is 9.18. The van der Waals surface area contributed by atoms with Crippen LogP contribution in [0.25, 0.3) is 10.8 Å². The molecule has 2 N–H and O–H groups in total. The van der Waals surface area contributed by atoms with E-state index in [9.17, 15) is 10.2 Å². The van der Waals surface area contributed by atoms with Crippen molar-refractivity contribution in [3.63, 3.8) is 0 Å². The van der Waals surface area contributed by atoms with Crippen molar-refractivity contribution in [3.8, 4) is 5.75 Å². The van der Waals surface area contributed by atoms with Crippen molar-refractivity contribution in [2.24, 2.45) is 0 Å². The molecule has 1 aliphatic heterocycles. The van der Waals surface area contributed by atoms with E-state index < -0.39 is 11.9 Å². The monoisotopic (exact) mass is 432 g/mol. The Morgan fingerprint density at radius 1 is 1.00 bits per heavy atom. The summed E-state index contributed by atoms with van der Waals surface area (Å²) in [6.45, 7) is 2.31. The van der Waals surface area contributed by atoms with Crippen LogP contribution in [0.1, 0.15) is 48.8 Å². The summed E-state index contributed by atoms with van der Waals surface area (Å²) < 4.78 is 5.80. The highest BCUT2D eigenvalue weighted by Crippen LogP contribution is 2.36. The van der Waals surface area contributed by atoms with E-state index in [1.54, 1.807) is 0 Å². The minimum Gasteiger partial charge on any atom is -0.465 e. The highest BCUT2D eigenvalue weighted by molar-refractivity contribution is 5.85. The summed E-state index contributed by atoms with van der Waals surface area (Å²) >= 11 is 0. The molecule has 3 aromatic rings. The second-order valence-corrected chi connectivity index (χ2v) is 9.28. The van der Waals surface area contributed by atoms with Crippen LogP contribution in [0.3, 0.4) is 0 Å². The topological polar surface area (TPSA) is 65.8 Å². The molecule has 32 heavy (non-hydrogen) atoms. The lowest BCUT2D eigenvalue weighted by atomic mass is 9.83. The zero-order chi connectivity index (χ0) is 22.0. The normalized spacial score (nSPS) is 19.4. The Kier molecular flexibility index (Phi) is 6.13. The zero-order valence-electron chi connectivity index (χ0n) is 18.5. The van der Waals surface area contributed by atoms with Crippen LogP contribution >= 0.6 is 0 Å². The molecule has 1 aliphatic carbocycles. The van der Waals surface area contributed by atoms with E-state index in [0.29, 0.717) is 19.3 Å². The van der Waals surface area contributed by atoms with Gasteiger partial charge in [-0.2, -0.15) is 0 Å².